The Morgan fingerprint density at radius 2 is 1.83 bits per heavy atom. The summed E-state index contributed by atoms with van der Waals surface area (Å²) in [5, 5.41) is 2.65. The third-order valence-corrected chi connectivity index (χ3v) is 4.04. The van der Waals surface area contributed by atoms with E-state index < -0.39 is 17.6 Å². The van der Waals surface area contributed by atoms with Gasteiger partial charge in [0.05, 0.1) is 37.4 Å². The molecule has 3 aromatic rings. The van der Waals surface area contributed by atoms with Crippen molar-refractivity contribution < 1.29 is 27.4 Å². The number of benzene rings is 1. The van der Waals surface area contributed by atoms with E-state index >= 15 is 0 Å². The molecule has 0 bridgehead atoms. The Morgan fingerprint density at radius 1 is 1.03 bits per heavy atom. The zero-order valence-electron chi connectivity index (χ0n) is 15.4. The van der Waals surface area contributed by atoms with E-state index in [4.69, 9.17) is 9.47 Å². The Balaban J connectivity index is 1.92. The Hall–Kier alpha value is -3.62. The highest BCUT2D eigenvalue weighted by Crippen LogP contribution is 2.39. The fraction of sp³-hybridized carbons (Fsp3) is 0.150. The third kappa shape index (κ3) is 4.45. The number of aromatic nitrogens is 2. The lowest BCUT2D eigenvalue weighted by molar-refractivity contribution is -0.137. The lowest BCUT2D eigenvalue weighted by Crippen LogP contribution is -2.13. The van der Waals surface area contributed by atoms with Crippen molar-refractivity contribution in [3.8, 4) is 22.9 Å². The van der Waals surface area contributed by atoms with Crippen LogP contribution >= 0.6 is 0 Å². The second kappa shape index (κ2) is 8.17. The van der Waals surface area contributed by atoms with Crippen LogP contribution in [0.2, 0.25) is 0 Å². The number of ether oxygens (including phenoxy) is 2. The lowest BCUT2D eigenvalue weighted by atomic mass is 10.0. The minimum Gasteiger partial charge on any atom is -0.496 e. The predicted octanol–water partition coefficient (Wildman–Crippen LogP) is 4.43. The van der Waals surface area contributed by atoms with Crippen LogP contribution in [-0.2, 0) is 6.18 Å². The Labute approximate surface area is 164 Å². The molecule has 0 saturated heterocycles. The van der Waals surface area contributed by atoms with Gasteiger partial charge < -0.3 is 14.8 Å². The molecule has 1 N–H and O–H groups in total. The molecule has 0 atom stereocenters. The second-order valence-corrected chi connectivity index (χ2v) is 5.86. The quantitative estimate of drug-likeness (QED) is 0.682. The molecule has 0 saturated carbocycles. The average Bonchev–Trinajstić information content (AvgIpc) is 2.73. The molecule has 0 aliphatic rings. The van der Waals surface area contributed by atoms with Crippen LogP contribution in [0.3, 0.4) is 0 Å². The third-order valence-electron chi connectivity index (χ3n) is 4.04. The van der Waals surface area contributed by atoms with Crippen molar-refractivity contribution in [3.63, 3.8) is 0 Å². The zero-order valence-corrected chi connectivity index (χ0v) is 15.4. The SMILES string of the molecule is COc1ccc(NC(=O)c2ccc(-c3ncccc3C(F)(F)F)c(OC)c2)cn1. The molecule has 0 fully saturated rings. The second-order valence-electron chi connectivity index (χ2n) is 5.86. The van der Waals surface area contributed by atoms with Crippen LogP contribution < -0.4 is 14.8 Å². The van der Waals surface area contributed by atoms with Gasteiger partial charge in [-0.3, -0.25) is 9.78 Å². The molecule has 0 radical (unpaired) electrons. The predicted molar refractivity (Wildman–Crippen MR) is 100.0 cm³/mol. The van der Waals surface area contributed by atoms with Gasteiger partial charge in [-0.15, -0.1) is 0 Å². The molecule has 1 amide bonds. The Bertz CT molecular complexity index is 1020. The monoisotopic (exact) mass is 403 g/mol. The highest BCUT2D eigenvalue weighted by molar-refractivity contribution is 6.04. The number of methoxy groups -OCH3 is 2. The van der Waals surface area contributed by atoms with Gasteiger partial charge in [0, 0.05) is 23.4 Å². The van der Waals surface area contributed by atoms with Crippen LogP contribution in [0.5, 0.6) is 11.6 Å². The Kier molecular flexibility index (Phi) is 5.67. The van der Waals surface area contributed by atoms with Gasteiger partial charge in [-0.1, -0.05) is 0 Å². The van der Waals surface area contributed by atoms with Crippen LogP contribution in [-0.4, -0.2) is 30.1 Å². The number of rotatable bonds is 5. The fourth-order valence-corrected chi connectivity index (χ4v) is 2.66. The van der Waals surface area contributed by atoms with Gasteiger partial charge in [0.2, 0.25) is 5.88 Å². The first-order chi connectivity index (χ1) is 13.8. The molecule has 2 aromatic heterocycles. The summed E-state index contributed by atoms with van der Waals surface area (Å²) in [6, 6.07) is 9.48. The molecule has 2 heterocycles. The first kappa shape index (κ1) is 20.1. The van der Waals surface area contributed by atoms with Crippen molar-refractivity contribution in [1.29, 1.82) is 0 Å². The highest BCUT2D eigenvalue weighted by Gasteiger charge is 2.35. The fourth-order valence-electron chi connectivity index (χ4n) is 2.66. The van der Waals surface area contributed by atoms with Gasteiger partial charge in [-0.05, 0) is 36.4 Å². The Morgan fingerprint density at radius 3 is 2.45 bits per heavy atom. The van der Waals surface area contributed by atoms with Gasteiger partial charge in [-0.25, -0.2) is 4.98 Å². The number of anilines is 1. The molecule has 6 nitrogen and oxygen atoms in total. The van der Waals surface area contributed by atoms with E-state index in [0.29, 0.717) is 11.6 Å². The number of amides is 1. The summed E-state index contributed by atoms with van der Waals surface area (Å²) in [7, 11) is 2.78. The van der Waals surface area contributed by atoms with E-state index in [-0.39, 0.29) is 22.6 Å². The largest absolute Gasteiger partial charge is 0.496 e. The summed E-state index contributed by atoms with van der Waals surface area (Å²) in [5.74, 6) is 0.0124. The van der Waals surface area contributed by atoms with Crippen molar-refractivity contribution in [1.82, 2.24) is 9.97 Å². The van der Waals surface area contributed by atoms with Gasteiger partial charge >= 0.3 is 6.18 Å². The molecule has 1 aromatic carbocycles. The number of hydrogen-bond donors (Lipinski definition) is 1. The number of hydrogen-bond acceptors (Lipinski definition) is 5. The maximum atomic E-state index is 13.3. The molecule has 29 heavy (non-hydrogen) atoms. The molecular formula is C20H16F3N3O3. The number of pyridine rings is 2. The topological polar surface area (TPSA) is 73.3 Å². The van der Waals surface area contributed by atoms with Crippen LogP contribution in [0.15, 0.2) is 54.9 Å². The summed E-state index contributed by atoms with van der Waals surface area (Å²) >= 11 is 0. The molecule has 0 aliphatic carbocycles. The van der Waals surface area contributed by atoms with E-state index in [1.54, 1.807) is 12.1 Å². The molecule has 3 rings (SSSR count). The summed E-state index contributed by atoms with van der Waals surface area (Å²) in [6.45, 7) is 0. The van der Waals surface area contributed by atoms with E-state index in [9.17, 15) is 18.0 Å². The maximum Gasteiger partial charge on any atom is 0.418 e. The number of halogens is 3. The van der Waals surface area contributed by atoms with Gasteiger partial charge in [0.25, 0.3) is 5.91 Å². The molecule has 0 unspecified atom stereocenters. The van der Waals surface area contributed by atoms with Crippen molar-refractivity contribution >= 4 is 11.6 Å². The minimum absolute atomic E-state index is 0.0923. The van der Waals surface area contributed by atoms with Gasteiger partial charge in [0.1, 0.15) is 5.75 Å². The molecule has 150 valence electrons. The normalized spacial score (nSPS) is 11.1. The first-order valence-corrected chi connectivity index (χ1v) is 8.35. The number of carbonyl (C=O) groups excluding carboxylic acids is 1. The van der Waals surface area contributed by atoms with E-state index in [1.165, 1.54) is 50.9 Å². The average molecular weight is 403 g/mol. The number of nitrogens with one attached hydrogen (secondary N) is 1. The van der Waals surface area contributed by atoms with E-state index in [1.807, 2.05) is 0 Å². The molecular weight excluding hydrogens is 387 g/mol. The van der Waals surface area contributed by atoms with Crippen LogP contribution in [0.4, 0.5) is 18.9 Å². The molecule has 0 spiro atoms. The number of alkyl halides is 3. The summed E-state index contributed by atoms with van der Waals surface area (Å²) < 4.78 is 50.1. The van der Waals surface area contributed by atoms with E-state index in [0.717, 1.165) is 6.07 Å². The zero-order chi connectivity index (χ0) is 21.0. The summed E-state index contributed by atoms with van der Waals surface area (Å²) in [4.78, 5) is 20.3. The van der Waals surface area contributed by atoms with Crippen LogP contribution in [0.1, 0.15) is 15.9 Å². The van der Waals surface area contributed by atoms with Crippen LogP contribution in [0.25, 0.3) is 11.3 Å². The van der Waals surface area contributed by atoms with Crippen molar-refractivity contribution in [3.05, 3.63) is 66.0 Å². The maximum absolute atomic E-state index is 13.3. The van der Waals surface area contributed by atoms with Gasteiger partial charge in [-0.2, -0.15) is 13.2 Å². The van der Waals surface area contributed by atoms with Crippen molar-refractivity contribution in [2.24, 2.45) is 0 Å². The lowest BCUT2D eigenvalue weighted by Gasteiger charge is -2.15. The molecule has 0 aliphatic heterocycles. The van der Waals surface area contributed by atoms with E-state index in [2.05, 4.69) is 15.3 Å². The van der Waals surface area contributed by atoms with Crippen molar-refractivity contribution in [2.75, 3.05) is 19.5 Å². The highest BCUT2D eigenvalue weighted by atomic mass is 19.4. The first-order valence-electron chi connectivity index (χ1n) is 8.35. The number of carbonyl (C=O) groups is 1. The van der Waals surface area contributed by atoms with Crippen molar-refractivity contribution in [2.45, 2.75) is 6.18 Å². The summed E-state index contributed by atoms with van der Waals surface area (Å²) in [6.07, 6.45) is -1.89. The van der Waals surface area contributed by atoms with Crippen LogP contribution in [0, 0.1) is 0 Å². The summed E-state index contributed by atoms with van der Waals surface area (Å²) in [5.41, 5.74) is -0.403. The molecule has 9 heteroatoms. The smallest absolute Gasteiger partial charge is 0.418 e. The minimum atomic E-state index is -4.58. The van der Waals surface area contributed by atoms with Gasteiger partial charge in [0.15, 0.2) is 0 Å². The number of nitrogens with zero attached hydrogens (tertiary/aromatic N) is 2. The standard InChI is InChI=1S/C20H16F3N3O3/c1-28-16-10-12(19(27)26-13-6-8-17(29-2)25-11-13)5-7-14(16)18-15(20(21,22)23)4-3-9-24-18/h3-11H,1-2H3,(H,26,27).